The van der Waals surface area contributed by atoms with E-state index in [1.807, 2.05) is 41.8 Å². The number of aryl methyl sites for hydroxylation is 1. The largest absolute Gasteiger partial charge is 0.322 e. The van der Waals surface area contributed by atoms with Crippen LogP contribution >= 0.6 is 0 Å². The summed E-state index contributed by atoms with van der Waals surface area (Å²) >= 11 is 0. The smallest absolute Gasteiger partial charge is 0.101 e. The Morgan fingerprint density at radius 3 is 2.56 bits per heavy atom. The molecule has 0 spiro atoms. The molecule has 0 aliphatic rings. The van der Waals surface area contributed by atoms with Crippen LogP contribution in [0.4, 0.5) is 0 Å². The number of para-hydroxylation sites is 1. The zero-order valence-corrected chi connectivity index (χ0v) is 8.88. The van der Waals surface area contributed by atoms with Gasteiger partial charge in [-0.3, -0.25) is 0 Å². The molecule has 1 aromatic heterocycles. The molecule has 2 rings (SSSR count). The van der Waals surface area contributed by atoms with Crippen LogP contribution in [0.1, 0.15) is 16.7 Å². The molecule has 0 atom stereocenters. The molecule has 0 saturated heterocycles. The summed E-state index contributed by atoms with van der Waals surface area (Å²) in [6.45, 7) is 2.00. The molecule has 3 nitrogen and oxygen atoms in total. The molecule has 1 heterocycles. The average molecular weight is 208 g/mol. The number of hydrogen-bond acceptors (Lipinski definition) is 1. The summed E-state index contributed by atoms with van der Waals surface area (Å²) in [7, 11) is 0. The lowest BCUT2D eigenvalue weighted by Gasteiger charge is -2.05. The van der Waals surface area contributed by atoms with E-state index in [0.29, 0.717) is 11.1 Å². The van der Waals surface area contributed by atoms with Crippen LogP contribution in [0.2, 0.25) is 0 Å². The van der Waals surface area contributed by atoms with Gasteiger partial charge >= 0.3 is 0 Å². The van der Waals surface area contributed by atoms with E-state index >= 15 is 0 Å². The Labute approximate surface area is 94.1 Å². The van der Waals surface area contributed by atoms with Gasteiger partial charge in [0.15, 0.2) is 0 Å². The van der Waals surface area contributed by atoms with E-state index in [0.717, 1.165) is 17.5 Å². The zero-order valence-electron chi connectivity index (χ0n) is 8.88. The van der Waals surface area contributed by atoms with Crippen LogP contribution in [0, 0.1) is 18.3 Å². The van der Waals surface area contributed by atoms with Gasteiger partial charge in [-0.25, -0.2) is 0 Å². The van der Waals surface area contributed by atoms with Gasteiger partial charge in [0.25, 0.3) is 0 Å². The van der Waals surface area contributed by atoms with Crippen LogP contribution in [0.5, 0.6) is 0 Å². The van der Waals surface area contributed by atoms with Crippen molar-refractivity contribution in [1.29, 1.82) is 5.26 Å². The number of nitrogens with zero attached hydrogens (tertiary/aromatic N) is 3. The van der Waals surface area contributed by atoms with E-state index in [2.05, 4.69) is 0 Å². The molecule has 1 radical (unpaired) electrons. The van der Waals surface area contributed by atoms with Gasteiger partial charge in [0.1, 0.15) is 6.07 Å². The summed E-state index contributed by atoms with van der Waals surface area (Å²) in [4.78, 5) is 0. The van der Waals surface area contributed by atoms with Crippen LogP contribution in [-0.4, -0.2) is 10.8 Å². The van der Waals surface area contributed by atoms with Crippen LogP contribution in [0.3, 0.4) is 0 Å². The first-order valence-electron chi connectivity index (χ1n) is 4.92. The summed E-state index contributed by atoms with van der Waals surface area (Å²) in [6.07, 6.45) is 4.40. The van der Waals surface area contributed by atoms with Crippen molar-refractivity contribution in [2.24, 2.45) is 0 Å². The Balaban J connectivity index is 2.58. The lowest BCUT2D eigenvalue weighted by atomic mass is 10.2. The molecule has 0 aliphatic carbocycles. The molecule has 0 amide bonds. The topological polar surface area (TPSA) is 51.0 Å². The summed E-state index contributed by atoms with van der Waals surface area (Å²) in [5.74, 6) is 0. The molecule has 0 unspecified atom stereocenters. The predicted molar refractivity (Wildman–Crippen MR) is 62.5 cm³/mol. The normalized spacial score (nSPS) is 9.75. The first kappa shape index (κ1) is 10.2. The molecule has 0 aliphatic heterocycles. The van der Waals surface area contributed by atoms with Crippen molar-refractivity contribution >= 4 is 6.21 Å². The second-order valence-electron chi connectivity index (χ2n) is 3.56. The van der Waals surface area contributed by atoms with Gasteiger partial charge in [-0.1, -0.05) is 18.2 Å². The molecule has 77 valence electrons. The molecule has 0 N–H and O–H groups in total. The van der Waals surface area contributed by atoms with E-state index < -0.39 is 0 Å². The van der Waals surface area contributed by atoms with E-state index in [9.17, 15) is 0 Å². The summed E-state index contributed by atoms with van der Waals surface area (Å²) in [5, 5.41) is 17.9. The van der Waals surface area contributed by atoms with Gasteiger partial charge in [0.05, 0.1) is 11.8 Å². The van der Waals surface area contributed by atoms with E-state index in [1.165, 1.54) is 0 Å². The molecular weight excluding hydrogens is 198 g/mol. The molecule has 16 heavy (non-hydrogen) atoms. The maximum Gasteiger partial charge on any atom is 0.101 e. The monoisotopic (exact) mass is 208 g/mol. The van der Waals surface area contributed by atoms with Crippen molar-refractivity contribution in [3.05, 3.63) is 53.3 Å². The van der Waals surface area contributed by atoms with Crippen molar-refractivity contribution in [2.75, 3.05) is 0 Å². The molecule has 0 fully saturated rings. The minimum atomic E-state index is 0.464. The molecular formula is C13H10N3. The highest BCUT2D eigenvalue weighted by atomic mass is 15.0. The lowest BCUT2D eigenvalue weighted by Crippen LogP contribution is -1.92. The van der Waals surface area contributed by atoms with Crippen molar-refractivity contribution < 1.29 is 0 Å². The van der Waals surface area contributed by atoms with Crippen molar-refractivity contribution in [3.63, 3.8) is 0 Å². The Bertz CT molecular complexity index is 573. The third-order valence-electron chi connectivity index (χ3n) is 2.51. The molecule has 1 aromatic carbocycles. The van der Waals surface area contributed by atoms with Gasteiger partial charge in [-0.2, -0.15) is 10.7 Å². The van der Waals surface area contributed by atoms with Crippen molar-refractivity contribution in [3.8, 4) is 11.8 Å². The Kier molecular flexibility index (Phi) is 2.57. The van der Waals surface area contributed by atoms with Crippen LogP contribution in [0.15, 0.2) is 36.7 Å². The Morgan fingerprint density at radius 1 is 1.25 bits per heavy atom. The third-order valence-corrected chi connectivity index (χ3v) is 2.51. The van der Waals surface area contributed by atoms with Crippen molar-refractivity contribution in [1.82, 2.24) is 9.98 Å². The quantitative estimate of drug-likeness (QED) is 0.695. The summed E-state index contributed by atoms with van der Waals surface area (Å²) < 4.78 is 1.84. The Hall–Kier alpha value is -2.34. The molecule has 0 bridgehead atoms. The number of aromatic nitrogens is 1. The zero-order chi connectivity index (χ0) is 11.5. The molecule has 2 aromatic rings. The highest BCUT2D eigenvalue weighted by molar-refractivity contribution is 5.81. The maximum absolute atomic E-state index is 8.99. The fourth-order valence-electron chi connectivity index (χ4n) is 1.66. The minimum absolute atomic E-state index is 0.464. The maximum atomic E-state index is 8.99. The van der Waals surface area contributed by atoms with E-state index in [1.54, 1.807) is 12.4 Å². The summed E-state index contributed by atoms with van der Waals surface area (Å²) in [6, 6.07) is 9.92. The van der Waals surface area contributed by atoms with E-state index in [4.69, 9.17) is 10.7 Å². The molecule has 0 saturated carbocycles. The number of rotatable bonds is 2. The van der Waals surface area contributed by atoms with Gasteiger partial charge in [0.2, 0.25) is 0 Å². The second-order valence-corrected chi connectivity index (χ2v) is 3.56. The number of benzene rings is 1. The first-order chi connectivity index (χ1) is 7.76. The Morgan fingerprint density at radius 2 is 2.00 bits per heavy atom. The third kappa shape index (κ3) is 1.61. The second kappa shape index (κ2) is 4.03. The van der Waals surface area contributed by atoms with Crippen molar-refractivity contribution in [2.45, 2.75) is 6.92 Å². The van der Waals surface area contributed by atoms with Gasteiger partial charge in [0, 0.05) is 23.6 Å². The average Bonchev–Trinajstić information content (AvgIpc) is 2.72. The highest BCUT2D eigenvalue weighted by Crippen LogP contribution is 2.17. The van der Waals surface area contributed by atoms with Gasteiger partial charge in [-0.15, -0.1) is 0 Å². The van der Waals surface area contributed by atoms with Gasteiger partial charge < -0.3 is 4.57 Å². The standard InChI is InChI=1S/C13H10N3/c1-10-4-2-3-5-13(10)16-8-11(6-14)12(7-15)9-16/h2-6,8-9H,1H3. The fourth-order valence-corrected chi connectivity index (χ4v) is 1.66. The highest BCUT2D eigenvalue weighted by Gasteiger charge is 2.06. The van der Waals surface area contributed by atoms with Gasteiger partial charge in [-0.05, 0) is 18.6 Å². The fraction of sp³-hybridized carbons (Fsp3) is 0.0769. The summed E-state index contributed by atoms with van der Waals surface area (Å²) in [5.41, 5.74) is 3.12. The molecule has 3 heteroatoms. The minimum Gasteiger partial charge on any atom is -0.322 e. The van der Waals surface area contributed by atoms with E-state index in [-0.39, 0.29) is 0 Å². The number of hydrogen-bond donors (Lipinski definition) is 0. The van der Waals surface area contributed by atoms with Crippen LogP contribution in [-0.2, 0) is 0 Å². The number of nitriles is 1. The first-order valence-corrected chi connectivity index (χ1v) is 4.92. The van der Waals surface area contributed by atoms with Crippen LogP contribution in [0.25, 0.3) is 5.69 Å². The lowest BCUT2D eigenvalue weighted by molar-refractivity contribution is 1.06. The predicted octanol–water partition coefficient (Wildman–Crippen LogP) is 1.88. The SMILES string of the molecule is Cc1ccccc1-n1cc(C#N)c(C=[N])c1. The van der Waals surface area contributed by atoms with Crippen LogP contribution < -0.4 is 5.41 Å².